The topological polar surface area (TPSA) is 113 Å². The first kappa shape index (κ1) is 16.2. The summed E-state index contributed by atoms with van der Waals surface area (Å²) in [7, 11) is 0. The molecular formula is C17H11FN2O5. The summed E-state index contributed by atoms with van der Waals surface area (Å²) in [5.41, 5.74) is 0.373. The third-order valence-electron chi connectivity index (χ3n) is 3.56. The minimum Gasteiger partial charge on any atom is -0.506 e. The normalized spacial score (nSPS) is 11.2. The third kappa shape index (κ3) is 2.92. The van der Waals surface area contributed by atoms with Crippen LogP contribution in [0.1, 0.15) is 21.6 Å². The Morgan fingerprint density at radius 2 is 1.72 bits per heavy atom. The van der Waals surface area contributed by atoms with Crippen molar-refractivity contribution in [3.63, 3.8) is 0 Å². The van der Waals surface area contributed by atoms with E-state index in [-0.39, 0.29) is 22.2 Å². The Hall–Kier alpha value is -3.68. The van der Waals surface area contributed by atoms with Gasteiger partial charge in [0.2, 0.25) is 0 Å². The number of hydrogen-bond donors (Lipinski definition) is 3. The van der Waals surface area contributed by atoms with Crippen LogP contribution < -0.4 is 0 Å². The fraction of sp³-hybridized carbons (Fsp3) is 0. The number of fused-ring (bicyclic) bond motifs is 1. The molecule has 25 heavy (non-hydrogen) atoms. The molecule has 0 atom stereocenters. The van der Waals surface area contributed by atoms with Gasteiger partial charge in [-0.2, -0.15) is 9.78 Å². The van der Waals surface area contributed by atoms with E-state index in [4.69, 9.17) is 5.11 Å². The number of phenols is 1. The highest BCUT2D eigenvalue weighted by Crippen LogP contribution is 2.32. The number of benzene rings is 2. The largest absolute Gasteiger partial charge is 0.506 e. The number of carboxylic acid groups (broad SMARTS) is 2. The van der Waals surface area contributed by atoms with Crippen LogP contribution in [0.5, 0.6) is 5.75 Å². The number of hydrogen-bond acceptors (Lipinski definition) is 4. The number of halogens is 1. The van der Waals surface area contributed by atoms with Crippen molar-refractivity contribution in [2.45, 2.75) is 0 Å². The van der Waals surface area contributed by atoms with Gasteiger partial charge in [0, 0.05) is 0 Å². The fourth-order valence-electron chi connectivity index (χ4n) is 2.41. The minimum atomic E-state index is -1.38. The van der Waals surface area contributed by atoms with Crippen molar-refractivity contribution in [2.24, 2.45) is 0 Å². The molecule has 0 bridgehead atoms. The molecule has 0 amide bonds. The van der Waals surface area contributed by atoms with Gasteiger partial charge in [-0.25, -0.2) is 14.0 Å². The maximum atomic E-state index is 12.9. The number of aromatic hydroxyl groups is 1. The summed E-state index contributed by atoms with van der Waals surface area (Å²) >= 11 is 0. The van der Waals surface area contributed by atoms with E-state index in [0.29, 0.717) is 10.2 Å². The number of aromatic nitrogens is 2. The molecular weight excluding hydrogens is 331 g/mol. The van der Waals surface area contributed by atoms with Crippen molar-refractivity contribution in [3.05, 3.63) is 59.0 Å². The molecule has 126 valence electrons. The lowest BCUT2D eigenvalue weighted by molar-refractivity contribution is 0.0694. The summed E-state index contributed by atoms with van der Waals surface area (Å²) in [4.78, 5) is 22.5. The molecule has 0 aliphatic heterocycles. The zero-order valence-electron chi connectivity index (χ0n) is 12.5. The predicted octanol–water partition coefficient (Wildman–Crippen LogP) is 3.28. The number of carboxylic acids is 1. The van der Waals surface area contributed by atoms with Crippen LogP contribution in [0.2, 0.25) is 0 Å². The molecule has 0 radical (unpaired) electrons. The maximum absolute atomic E-state index is 12.9. The fourth-order valence-corrected chi connectivity index (χ4v) is 2.41. The molecule has 0 aliphatic rings. The van der Waals surface area contributed by atoms with Gasteiger partial charge in [-0.1, -0.05) is 18.2 Å². The van der Waals surface area contributed by atoms with Crippen LogP contribution in [0, 0.1) is 5.82 Å². The molecule has 3 aromatic rings. The number of rotatable bonds is 3. The van der Waals surface area contributed by atoms with E-state index in [2.05, 4.69) is 5.10 Å². The van der Waals surface area contributed by atoms with E-state index < -0.39 is 23.6 Å². The Bertz CT molecular complexity index is 1020. The zero-order chi connectivity index (χ0) is 18.1. The van der Waals surface area contributed by atoms with Gasteiger partial charge in [0.1, 0.15) is 17.1 Å². The summed E-state index contributed by atoms with van der Waals surface area (Å²) < 4.78 is 13.6. The lowest BCUT2D eigenvalue weighted by Gasteiger charge is -2.02. The Balaban J connectivity index is 2.19. The summed E-state index contributed by atoms with van der Waals surface area (Å²) in [5, 5.41) is 32.4. The minimum absolute atomic E-state index is 0.000613. The molecule has 3 N–H and O–H groups in total. The van der Waals surface area contributed by atoms with Gasteiger partial charge in [0.15, 0.2) is 0 Å². The van der Waals surface area contributed by atoms with Crippen molar-refractivity contribution < 1.29 is 29.3 Å². The van der Waals surface area contributed by atoms with Crippen LogP contribution in [0.25, 0.3) is 23.1 Å². The van der Waals surface area contributed by atoms with Crippen molar-refractivity contribution >= 4 is 35.1 Å². The molecule has 0 aliphatic carbocycles. The summed E-state index contributed by atoms with van der Waals surface area (Å²) in [5.74, 6) is -2.33. The first-order chi connectivity index (χ1) is 11.9. The average molecular weight is 342 g/mol. The van der Waals surface area contributed by atoms with Gasteiger partial charge in [0.25, 0.3) is 0 Å². The number of nitrogens with zero attached hydrogens (tertiary/aromatic N) is 2. The van der Waals surface area contributed by atoms with Gasteiger partial charge in [-0.15, -0.1) is 0 Å². The highest BCUT2D eigenvalue weighted by molar-refractivity contribution is 6.04. The summed E-state index contributed by atoms with van der Waals surface area (Å²) in [6.45, 7) is 0. The molecule has 8 heteroatoms. The van der Waals surface area contributed by atoms with E-state index in [0.717, 1.165) is 6.07 Å². The molecule has 3 rings (SSSR count). The van der Waals surface area contributed by atoms with Gasteiger partial charge >= 0.3 is 12.1 Å². The monoisotopic (exact) mass is 342 g/mol. The second kappa shape index (κ2) is 6.08. The van der Waals surface area contributed by atoms with E-state index in [1.54, 1.807) is 6.08 Å². The van der Waals surface area contributed by atoms with Gasteiger partial charge in [-0.05, 0) is 35.9 Å². The van der Waals surface area contributed by atoms with Crippen molar-refractivity contribution in [1.29, 1.82) is 0 Å². The van der Waals surface area contributed by atoms with Crippen LogP contribution in [0.3, 0.4) is 0 Å². The van der Waals surface area contributed by atoms with E-state index >= 15 is 0 Å². The van der Waals surface area contributed by atoms with Crippen molar-refractivity contribution in [3.8, 4) is 5.75 Å². The molecule has 2 aromatic carbocycles. The van der Waals surface area contributed by atoms with E-state index in [1.165, 1.54) is 36.4 Å². The van der Waals surface area contributed by atoms with Gasteiger partial charge in [0.05, 0.1) is 16.6 Å². The summed E-state index contributed by atoms with van der Waals surface area (Å²) in [6.07, 6.45) is 1.58. The number of carbonyl (C=O) groups is 2. The van der Waals surface area contributed by atoms with Gasteiger partial charge in [-0.3, -0.25) is 0 Å². The second-order valence-electron chi connectivity index (χ2n) is 5.13. The Kier molecular flexibility index (Phi) is 3.94. The zero-order valence-corrected chi connectivity index (χ0v) is 12.5. The highest BCUT2D eigenvalue weighted by atomic mass is 19.1. The maximum Gasteiger partial charge on any atom is 0.432 e. The third-order valence-corrected chi connectivity index (χ3v) is 3.56. The van der Waals surface area contributed by atoms with Crippen LogP contribution in [-0.2, 0) is 0 Å². The smallest absolute Gasteiger partial charge is 0.432 e. The number of aromatic carboxylic acids is 1. The van der Waals surface area contributed by atoms with E-state index in [1.807, 2.05) is 0 Å². The molecule has 0 saturated carbocycles. The van der Waals surface area contributed by atoms with Crippen LogP contribution in [-0.4, -0.2) is 37.2 Å². The molecule has 0 fully saturated rings. The Morgan fingerprint density at radius 3 is 2.32 bits per heavy atom. The molecule has 0 saturated heterocycles. The molecule has 7 nitrogen and oxygen atoms in total. The van der Waals surface area contributed by atoms with Crippen LogP contribution in [0.15, 0.2) is 36.4 Å². The summed E-state index contributed by atoms with van der Waals surface area (Å²) in [6, 6.07) is 7.89. The SMILES string of the molecule is O=C(O)c1ccc2c(c(/C=C/c3ccc(F)cc3)nn2C(=O)O)c1O. The highest BCUT2D eigenvalue weighted by Gasteiger charge is 2.21. The first-order valence-electron chi connectivity index (χ1n) is 7.03. The first-order valence-corrected chi connectivity index (χ1v) is 7.03. The molecule has 0 unspecified atom stereocenters. The lowest BCUT2D eigenvalue weighted by Crippen LogP contribution is -2.09. The van der Waals surface area contributed by atoms with E-state index in [9.17, 15) is 24.2 Å². The Labute approximate surface area is 139 Å². The van der Waals surface area contributed by atoms with Crippen LogP contribution >= 0.6 is 0 Å². The standard InChI is InChI=1S/C17H11FN2O5/c18-10-4-1-9(2-5-10)3-7-12-14-13(20(19-12)17(24)25)8-6-11(15(14)21)16(22)23/h1-8,21H,(H,22,23)(H,24,25)/b7-3+. The Morgan fingerprint density at radius 1 is 1.04 bits per heavy atom. The average Bonchev–Trinajstić information content (AvgIpc) is 2.94. The quantitative estimate of drug-likeness (QED) is 0.673. The lowest BCUT2D eigenvalue weighted by atomic mass is 10.1. The van der Waals surface area contributed by atoms with Crippen molar-refractivity contribution in [1.82, 2.24) is 9.78 Å². The predicted molar refractivity (Wildman–Crippen MR) is 87.1 cm³/mol. The molecule has 0 spiro atoms. The molecule has 1 heterocycles. The second-order valence-corrected chi connectivity index (χ2v) is 5.13. The van der Waals surface area contributed by atoms with Crippen molar-refractivity contribution in [2.75, 3.05) is 0 Å². The van der Waals surface area contributed by atoms with Gasteiger partial charge < -0.3 is 15.3 Å². The molecule has 1 aromatic heterocycles. The van der Waals surface area contributed by atoms with Crippen LogP contribution in [0.4, 0.5) is 9.18 Å².